The van der Waals surface area contributed by atoms with Gasteiger partial charge in [-0.15, -0.1) is 0 Å². The lowest BCUT2D eigenvalue weighted by molar-refractivity contribution is 0.187. The largest absolute Gasteiger partial charge is 0.465 e. The molecule has 6 heteroatoms. The number of fused-ring (bicyclic) bond motifs is 1. The van der Waals surface area contributed by atoms with Crippen LogP contribution >= 0.6 is 15.9 Å². The molecule has 76 valence electrons. The second-order valence-electron chi connectivity index (χ2n) is 3.31. The maximum atomic E-state index is 10.4. The minimum atomic E-state index is -0.964. The number of rotatable bonds is 1. The number of aryl methyl sites for hydroxylation is 1. The number of hydrogen-bond donors (Lipinski definition) is 2. The zero-order chi connectivity index (χ0) is 10.1. The molecule has 1 aromatic heterocycles. The summed E-state index contributed by atoms with van der Waals surface area (Å²) in [4.78, 5) is 14.7. The highest BCUT2D eigenvalue weighted by Crippen LogP contribution is 2.17. The molecule has 0 saturated heterocycles. The summed E-state index contributed by atoms with van der Waals surface area (Å²) in [6, 6.07) is -0.00528. The second kappa shape index (κ2) is 3.61. The Labute approximate surface area is 89.3 Å². The lowest BCUT2D eigenvalue weighted by Crippen LogP contribution is -2.39. The van der Waals surface area contributed by atoms with Crippen molar-refractivity contribution in [2.75, 3.05) is 0 Å². The van der Waals surface area contributed by atoms with E-state index in [-0.39, 0.29) is 6.04 Å². The molecular weight excluding hydrogens is 250 g/mol. The topological polar surface area (TPSA) is 67.2 Å². The van der Waals surface area contributed by atoms with E-state index < -0.39 is 6.09 Å². The molecule has 2 N–H and O–H groups in total. The Bertz CT molecular complexity index is 363. The fourth-order valence-corrected chi connectivity index (χ4v) is 2.14. The van der Waals surface area contributed by atoms with Gasteiger partial charge < -0.3 is 15.0 Å². The van der Waals surface area contributed by atoms with Crippen LogP contribution in [0.1, 0.15) is 12.2 Å². The Morgan fingerprint density at radius 3 is 3.29 bits per heavy atom. The summed E-state index contributed by atoms with van der Waals surface area (Å²) in [5.74, 6) is 0.932. The number of nitrogens with one attached hydrogen (secondary N) is 1. The number of carbonyl (C=O) groups is 1. The summed E-state index contributed by atoms with van der Waals surface area (Å²) in [6.45, 7) is 0.818. The van der Waals surface area contributed by atoms with E-state index in [1.165, 1.54) is 0 Å². The van der Waals surface area contributed by atoms with Gasteiger partial charge in [0.15, 0.2) is 0 Å². The lowest BCUT2D eigenvalue weighted by Gasteiger charge is -2.22. The third-order valence-electron chi connectivity index (χ3n) is 2.30. The normalized spacial score (nSPS) is 20.2. The van der Waals surface area contributed by atoms with E-state index in [2.05, 4.69) is 26.2 Å². The van der Waals surface area contributed by atoms with Crippen LogP contribution in [0.25, 0.3) is 0 Å². The zero-order valence-electron chi connectivity index (χ0n) is 7.40. The molecule has 0 aliphatic carbocycles. The molecule has 0 bridgehead atoms. The van der Waals surface area contributed by atoms with Crippen molar-refractivity contribution < 1.29 is 9.90 Å². The first kappa shape index (κ1) is 9.51. The summed E-state index contributed by atoms with van der Waals surface area (Å²) < 4.78 is 2.85. The molecule has 1 amide bonds. The van der Waals surface area contributed by atoms with Gasteiger partial charge in [0.05, 0.1) is 0 Å². The highest BCUT2D eigenvalue weighted by Gasteiger charge is 2.21. The molecule has 14 heavy (non-hydrogen) atoms. The van der Waals surface area contributed by atoms with E-state index in [0.29, 0.717) is 6.42 Å². The van der Waals surface area contributed by atoms with Gasteiger partial charge in [0.25, 0.3) is 0 Å². The van der Waals surface area contributed by atoms with Crippen molar-refractivity contribution in [3.05, 3.63) is 16.6 Å². The first-order chi connectivity index (χ1) is 6.65. The minimum absolute atomic E-state index is 0.00528. The molecule has 5 nitrogen and oxygen atoms in total. The Morgan fingerprint density at radius 2 is 2.57 bits per heavy atom. The number of imidazole rings is 1. The van der Waals surface area contributed by atoms with Crippen molar-refractivity contribution in [2.24, 2.45) is 0 Å². The van der Waals surface area contributed by atoms with Gasteiger partial charge in [-0.1, -0.05) is 0 Å². The van der Waals surface area contributed by atoms with Gasteiger partial charge in [-0.3, -0.25) is 0 Å². The molecule has 1 aliphatic rings. The van der Waals surface area contributed by atoms with Gasteiger partial charge >= 0.3 is 6.09 Å². The summed E-state index contributed by atoms with van der Waals surface area (Å²) in [5, 5.41) is 11.1. The Kier molecular flexibility index (Phi) is 2.45. The zero-order valence-corrected chi connectivity index (χ0v) is 8.99. The highest BCUT2D eigenvalue weighted by atomic mass is 79.9. The number of nitrogens with zero attached hydrogens (tertiary/aromatic N) is 2. The van der Waals surface area contributed by atoms with Crippen molar-refractivity contribution in [1.29, 1.82) is 0 Å². The SMILES string of the molecule is O=C(O)NC1CCn2cc(Br)nc2C1. The molecule has 1 unspecified atom stereocenters. The molecule has 0 radical (unpaired) electrons. The lowest BCUT2D eigenvalue weighted by atomic mass is 10.1. The molecule has 2 rings (SSSR count). The van der Waals surface area contributed by atoms with Crippen molar-refractivity contribution in [1.82, 2.24) is 14.9 Å². The summed E-state index contributed by atoms with van der Waals surface area (Å²) in [7, 11) is 0. The van der Waals surface area contributed by atoms with E-state index in [1.54, 1.807) is 0 Å². The molecule has 1 atom stereocenters. The van der Waals surface area contributed by atoms with Crippen molar-refractivity contribution in [2.45, 2.75) is 25.4 Å². The van der Waals surface area contributed by atoms with Gasteiger partial charge in [0, 0.05) is 25.2 Å². The van der Waals surface area contributed by atoms with Gasteiger partial charge in [-0.05, 0) is 22.4 Å². The molecule has 0 fully saturated rings. The van der Waals surface area contributed by atoms with Crippen LogP contribution in [0.4, 0.5) is 4.79 Å². The van der Waals surface area contributed by atoms with E-state index in [4.69, 9.17) is 5.11 Å². The average Bonchev–Trinajstić information content (AvgIpc) is 2.42. The fraction of sp³-hybridized carbons (Fsp3) is 0.500. The maximum absolute atomic E-state index is 10.4. The maximum Gasteiger partial charge on any atom is 0.404 e. The summed E-state index contributed by atoms with van der Waals surface area (Å²) >= 11 is 3.29. The molecular formula is C8H10BrN3O2. The molecule has 1 aliphatic heterocycles. The van der Waals surface area contributed by atoms with E-state index >= 15 is 0 Å². The van der Waals surface area contributed by atoms with Gasteiger partial charge in [-0.2, -0.15) is 0 Å². The quantitative estimate of drug-likeness (QED) is 0.798. The number of halogens is 1. The van der Waals surface area contributed by atoms with Crippen LogP contribution in [0, 0.1) is 0 Å². The molecule has 0 spiro atoms. The van der Waals surface area contributed by atoms with Crippen LogP contribution in [0.15, 0.2) is 10.8 Å². The summed E-state index contributed by atoms with van der Waals surface area (Å²) in [5.41, 5.74) is 0. The number of amides is 1. The predicted molar refractivity (Wildman–Crippen MR) is 53.2 cm³/mol. The average molecular weight is 260 g/mol. The number of aromatic nitrogens is 2. The van der Waals surface area contributed by atoms with Crippen molar-refractivity contribution >= 4 is 22.0 Å². The fourth-order valence-electron chi connectivity index (χ4n) is 1.69. The second-order valence-corrected chi connectivity index (χ2v) is 4.12. The Balaban J connectivity index is 2.09. The standard InChI is InChI=1S/C8H10BrN3O2/c9-6-4-12-2-1-5(10-8(13)14)3-7(12)11-6/h4-5,10H,1-3H2,(H,13,14). The molecule has 0 saturated carbocycles. The predicted octanol–water partition coefficient (Wildman–Crippen LogP) is 1.23. The third-order valence-corrected chi connectivity index (χ3v) is 2.69. The van der Waals surface area contributed by atoms with Crippen LogP contribution < -0.4 is 5.32 Å². The first-order valence-electron chi connectivity index (χ1n) is 4.36. The van der Waals surface area contributed by atoms with Crippen LogP contribution in [0.2, 0.25) is 0 Å². The van der Waals surface area contributed by atoms with Crippen molar-refractivity contribution in [3.8, 4) is 0 Å². The number of hydrogen-bond acceptors (Lipinski definition) is 2. The van der Waals surface area contributed by atoms with E-state index in [0.717, 1.165) is 23.4 Å². The molecule has 0 aromatic carbocycles. The van der Waals surface area contributed by atoms with Crippen LogP contribution in [-0.4, -0.2) is 26.8 Å². The molecule has 2 heterocycles. The van der Waals surface area contributed by atoms with Gasteiger partial charge in [-0.25, -0.2) is 9.78 Å². The Hall–Kier alpha value is -1.04. The molecule has 1 aromatic rings. The van der Waals surface area contributed by atoms with E-state index in [1.807, 2.05) is 10.8 Å². The van der Waals surface area contributed by atoms with E-state index in [9.17, 15) is 4.79 Å². The van der Waals surface area contributed by atoms with Crippen LogP contribution in [-0.2, 0) is 13.0 Å². The monoisotopic (exact) mass is 259 g/mol. The third kappa shape index (κ3) is 1.89. The minimum Gasteiger partial charge on any atom is -0.465 e. The summed E-state index contributed by atoms with van der Waals surface area (Å²) in [6.07, 6.45) is 2.45. The van der Waals surface area contributed by atoms with Gasteiger partial charge in [0.1, 0.15) is 10.4 Å². The van der Waals surface area contributed by atoms with Crippen LogP contribution in [0.3, 0.4) is 0 Å². The highest BCUT2D eigenvalue weighted by molar-refractivity contribution is 9.10. The number of carboxylic acid groups (broad SMARTS) is 1. The van der Waals surface area contributed by atoms with Gasteiger partial charge in [0.2, 0.25) is 0 Å². The first-order valence-corrected chi connectivity index (χ1v) is 5.15. The van der Waals surface area contributed by atoms with Crippen LogP contribution in [0.5, 0.6) is 0 Å². The smallest absolute Gasteiger partial charge is 0.404 e. The van der Waals surface area contributed by atoms with Crippen molar-refractivity contribution in [3.63, 3.8) is 0 Å². The Morgan fingerprint density at radius 1 is 1.79 bits per heavy atom.